The average Bonchev–Trinajstić information content (AvgIpc) is 2.85. The first kappa shape index (κ1) is 19.2. The molecular formula is C24H22N4O3. The van der Waals surface area contributed by atoms with Crippen LogP contribution in [0.2, 0.25) is 0 Å². The molecule has 5 rings (SSSR count). The molecule has 2 unspecified atom stereocenters. The van der Waals surface area contributed by atoms with Crippen LogP contribution in [-0.2, 0) is 15.1 Å². The van der Waals surface area contributed by atoms with Crippen LogP contribution < -0.4 is 9.64 Å². The van der Waals surface area contributed by atoms with Gasteiger partial charge in [0.2, 0.25) is 12.0 Å². The zero-order valence-corrected chi connectivity index (χ0v) is 17.6. The highest BCUT2D eigenvalue weighted by molar-refractivity contribution is 6.04. The van der Waals surface area contributed by atoms with Gasteiger partial charge in [0.25, 0.3) is 5.91 Å². The number of rotatable bonds is 3. The summed E-state index contributed by atoms with van der Waals surface area (Å²) in [4.78, 5) is 38.2. The highest BCUT2D eigenvalue weighted by atomic mass is 16.5. The number of hydrogen-bond acceptors (Lipinski definition) is 5. The van der Waals surface area contributed by atoms with E-state index in [1.54, 1.807) is 16.8 Å². The Morgan fingerprint density at radius 2 is 1.61 bits per heavy atom. The van der Waals surface area contributed by atoms with Crippen molar-refractivity contribution in [2.75, 3.05) is 18.5 Å². The van der Waals surface area contributed by atoms with E-state index in [4.69, 9.17) is 4.74 Å². The van der Waals surface area contributed by atoms with E-state index in [9.17, 15) is 9.59 Å². The number of fused-ring (bicyclic) bond motifs is 3. The Kier molecular flexibility index (Phi) is 4.28. The van der Waals surface area contributed by atoms with Gasteiger partial charge in [0.15, 0.2) is 0 Å². The molecule has 0 spiro atoms. The molecule has 0 saturated carbocycles. The summed E-state index contributed by atoms with van der Waals surface area (Å²) < 4.78 is 6.19. The predicted molar refractivity (Wildman–Crippen MR) is 115 cm³/mol. The number of hydrogen-bond donors (Lipinski definition) is 0. The van der Waals surface area contributed by atoms with E-state index in [0.29, 0.717) is 0 Å². The topological polar surface area (TPSA) is 75.6 Å². The Balaban J connectivity index is 1.74. The SMILES string of the molecule is Cc1cc(C)nc(OC2C(=O)N3CC(=O)N(C)c4ccccc4C23c2ccccc2)n1. The molecule has 2 aliphatic heterocycles. The monoisotopic (exact) mass is 414 g/mol. The smallest absolute Gasteiger partial charge is 0.317 e. The lowest BCUT2D eigenvalue weighted by atomic mass is 9.69. The molecule has 0 N–H and O–H groups in total. The summed E-state index contributed by atoms with van der Waals surface area (Å²) in [6.45, 7) is 3.68. The molecule has 0 aliphatic carbocycles. The Morgan fingerprint density at radius 1 is 0.968 bits per heavy atom. The maximum absolute atomic E-state index is 13.3. The lowest BCUT2D eigenvalue weighted by Gasteiger charge is -2.55. The van der Waals surface area contributed by atoms with Crippen molar-refractivity contribution in [3.8, 4) is 6.01 Å². The second-order valence-corrected chi connectivity index (χ2v) is 7.96. The van der Waals surface area contributed by atoms with E-state index >= 15 is 0 Å². The van der Waals surface area contributed by atoms with Gasteiger partial charge in [-0.3, -0.25) is 9.59 Å². The van der Waals surface area contributed by atoms with Crippen LogP contribution in [-0.4, -0.2) is 46.4 Å². The van der Waals surface area contributed by atoms with Crippen LogP contribution in [0.1, 0.15) is 22.5 Å². The van der Waals surface area contributed by atoms with Crippen molar-refractivity contribution >= 4 is 17.5 Å². The van der Waals surface area contributed by atoms with Gasteiger partial charge in [0.05, 0.1) is 0 Å². The Labute approximate surface area is 180 Å². The molecule has 3 aromatic rings. The van der Waals surface area contributed by atoms with Crippen molar-refractivity contribution < 1.29 is 14.3 Å². The number of benzene rings is 2. The molecular weight excluding hydrogens is 392 g/mol. The third-order valence-electron chi connectivity index (χ3n) is 6.04. The molecule has 2 amide bonds. The van der Waals surface area contributed by atoms with E-state index in [0.717, 1.165) is 28.2 Å². The lowest BCUT2D eigenvalue weighted by Crippen LogP contribution is -2.74. The lowest BCUT2D eigenvalue weighted by molar-refractivity contribution is -0.178. The fraction of sp³-hybridized carbons (Fsp3) is 0.250. The third kappa shape index (κ3) is 2.73. The molecule has 3 heterocycles. The number of para-hydroxylation sites is 1. The zero-order chi connectivity index (χ0) is 21.8. The molecule has 1 aromatic heterocycles. The third-order valence-corrected chi connectivity index (χ3v) is 6.04. The number of aryl methyl sites for hydroxylation is 2. The number of likely N-dealkylation sites (N-methyl/N-ethyl adjacent to an activating group) is 1. The minimum absolute atomic E-state index is 0.0352. The molecule has 31 heavy (non-hydrogen) atoms. The maximum atomic E-state index is 13.3. The molecule has 7 nitrogen and oxygen atoms in total. The van der Waals surface area contributed by atoms with Gasteiger partial charge in [0.1, 0.15) is 12.1 Å². The molecule has 2 aromatic carbocycles. The number of aromatic nitrogens is 2. The highest BCUT2D eigenvalue weighted by Crippen LogP contribution is 2.52. The van der Waals surface area contributed by atoms with Crippen LogP contribution >= 0.6 is 0 Å². The van der Waals surface area contributed by atoms with Crippen molar-refractivity contribution in [1.82, 2.24) is 14.9 Å². The molecule has 0 bridgehead atoms. The van der Waals surface area contributed by atoms with Crippen molar-refractivity contribution in [3.63, 3.8) is 0 Å². The number of ether oxygens (including phenoxy) is 1. The quantitative estimate of drug-likeness (QED) is 0.616. The first-order chi connectivity index (χ1) is 14.9. The van der Waals surface area contributed by atoms with Gasteiger partial charge in [-0.2, -0.15) is 0 Å². The number of amides is 2. The van der Waals surface area contributed by atoms with Gasteiger partial charge >= 0.3 is 6.01 Å². The van der Waals surface area contributed by atoms with Crippen LogP contribution in [0.3, 0.4) is 0 Å². The van der Waals surface area contributed by atoms with E-state index in [1.165, 1.54) is 0 Å². The highest BCUT2D eigenvalue weighted by Gasteiger charge is 2.66. The fourth-order valence-electron chi connectivity index (χ4n) is 4.67. The van der Waals surface area contributed by atoms with Gasteiger partial charge in [-0.05, 0) is 31.5 Å². The number of anilines is 1. The summed E-state index contributed by atoms with van der Waals surface area (Å²) in [7, 11) is 1.74. The van der Waals surface area contributed by atoms with Gasteiger partial charge < -0.3 is 14.5 Å². The Hall–Kier alpha value is -3.74. The Morgan fingerprint density at radius 3 is 2.32 bits per heavy atom. The van der Waals surface area contributed by atoms with E-state index in [2.05, 4.69) is 9.97 Å². The van der Waals surface area contributed by atoms with E-state index in [-0.39, 0.29) is 24.4 Å². The van der Waals surface area contributed by atoms with Crippen LogP contribution in [0.15, 0.2) is 60.7 Å². The second kappa shape index (κ2) is 6.91. The van der Waals surface area contributed by atoms with Crippen molar-refractivity contribution in [2.24, 2.45) is 0 Å². The molecule has 2 atom stereocenters. The minimum atomic E-state index is -0.962. The van der Waals surface area contributed by atoms with Crippen LogP contribution in [0.4, 0.5) is 5.69 Å². The van der Waals surface area contributed by atoms with E-state index in [1.807, 2.05) is 74.5 Å². The van der Waals surface area contributed by atoms with Gasteiger partial charge in [0, 0.05) is 29.7 Å². The first-order valence-corrected chi connectivity index (χ1v) is 10.1. The molecule has 156 valence electrons. The van der Waals surface area contributed by atoms with Crippen molar-refractivity contribution in [2.45, 2.75) is 25.5 Å². The molecule has 0 radical (unpaired) electrons. The number of β-lactam (4-membered cyclic amide) rings is 1. The number of carbonyl (C=O) groups excluding carboxylic acids is 2. The second-order valence-electron chi connectivity index (χ2n) is 7.96. The Bertz CT molecular complexity index is 1180. The van der Waals surface area contributed by atoms with Gasteiger partial charge in [-0.25, -0.2) is 9.97 Å². The summed E-state index contributed by atoms with van der Waals surface area (Å²) in [5.41, 5.74) is 3.02. The zero-order valence-electron chi connectivity index (χ0n) is 17.6. The summed E-state index contributed by atoms with van der Waals surface area (Å²) in [6.07, 6.45) is -0.892. The average molecular weight is 414 g/mol. The standard InChI is InChI=1S/C24H22N4O3/c1-15-13-16(2)26-23(25-15)31-21-22(30)28-14-20(29)27(3)19-12-8-7-11-18(19)24(21,28)17-9-5-4-6-10-17/h4-13,21H,14H2,1-3H3. The minimum Gasteiger partial charge on any atom is -0.447 e. The normalized spacial score (nSPS) is 22.4. The van der Waals surface area contributed by atoms with Crippen molar-refractivity contribution in [3.05, 3.63) is 83.2 Å². The predicted octanol–water partition coefficient (Wildman–Crippen LogP) is 2.60. The molecule has 1 saturated heterocycles. The number of carbonyl (C=O) groups is 2. The largest absolute Gasteiger partial charge is 0.447 e. The summed E-state index contributed by atoms with van der Waals surface area (Å²) >= 11 is 0. The first-order valence-electron chi connectivity index (χ1n) is 10.1. The summed E-state index contributed by atoms with van der Waals surface area (Å²) in [6, 6.07) is 19.4. The number of nitrogens with zero attached hydrogens (tertiary/aromatic N) is 4. The molecule has 2 aliphatic rings. The van der Waals surface area contributed by atoms with Gasteiger partial charge in [-0.15, -0.1) is 0 Å². The summed E-state index contributed by atoms with van der Waals surface area (Å²) in [5, 5.41) is 0. The van der Waals surface area contributed by atoms with Crippen LogP contribution in [0, 0.1) is 13.8 Å². The summed E-state index contributed by atoms with van der Waals surface area (Å²) in [5.74, 6) is -0.412. The molecule has 1 fully saturated rings. The van der Waals surface area contributed by atoms with Crippen LogP contribution in [0.25, 0.3) is 0 Å². The fourth-order valence-corrected chi connectivity index (χ4v) is 4.67. The van der Waals surface area contributed by atoms with Crippen molar-refractivity contribution in [1.29, 1.82) is 0 Å². The van der Waals surface area contributed by atoms with E-state index < -0.39 is 11.6 Å². The maximum Gasteiger partial charge on any atom is 0.317 e. The molecule has 7 heteroatoms. The van der Waals surface area contributed by atoms with Crippen LogP contribution in [0.5, 0.6) is 6.01 Å². The van der Waals surface area contributed by atoms with Gasteiger partial charge in [-0.1, -0.05) is 48.5 Å².